The molecule has 0 radical (unpaired) electrons. The Balaban J connectivity index is 2.56. The minimum atomic E-state index is -4.53. The summed E-state index contributed by atoms with van der Waals surface area (Å²) in [5.74, 6) is -0.377. The number of nitrogens with zero attached hydrogens (tertiary/aromatic N) is 1. The first-order chi connectivity index (χ1) is 5.40. The van der Waals surface area contributed by atoms with E-state index >= 15 is 0 Å². The van der Waals surface area contributed by atoms with Crippen LogP contribution in [0.5, 0.6) is 0 Å². The quantitative estimate of drug-likeness (QED) is 0.570. The van der Waals surface area contributed by atoms with Crippen molar-refractivity contribution in [2.45, 2.75) is 12.5 Å². The first kappa shape index (κ1) is 9.67. The summed E-state index contributed by atoms with van der Waals surface area (Å²) < 4.78 is 14.6. The summed E-state index contributed by atoms with van der Waals surface area (Å²) in [7, 11) is -2.97. The van der Waals surface area contributed by atoms with Crippen LogP contribution in [-0.4, -0.2) is 40.3 Å². The van der Waals surface area contributed by atoms with Gasteiger partial charge in [0, 0.05) is 20.0 Å². The van der Waals surface area contributed by atoms with Crippen molar-refractivity contribution in [1.82, 2.24) is 4.90 Å². The molecule has 70 valence electrons. The summed E-state index contributed by atoms with van der Waals surface area (Å²) in [6.45, 7) is 0.476. The van der Waals surface area contributed by atoms with Crippen molar-refractivity contribution in [2.24, 2.45) is 0 Å². The minimum absolute atomic E-state index is 0.334. The van der Waals surface area contributed by atoms with E-state index in [1.54, 1.807) is 7.05 Å². The van der Waals surface area contributed by atoms with Crippen LogP contribution in [0.3, 0.4) is 0 Å². The molecule has 1 aliphatic heterocycles. The Labute approximate surface area is 69.4 Å². The molecule has 1 atom stereocenters. The van der Waals surface area contributed by atoms with Gasteiger partial charge in [-0.05, 0) is 0 Å². The van der Waals surface area contributed by atoms with Gasteiger partial charge in [-0.25, -0.2) is 4.57 Å². The number of amides is 1. The number of likely N-dealkylation sites (N-methyl/N-ethyl adjacent to an activating group) is 1. The number of hydrogen-bond acceptors (Lipinski definition) is 3. The minimum Gasteiger partial charge on any atom is -0.343 e. The molecule has 0 bridgehead atoms. The zero-order chi connectivity index (χ0) is 9.35. The van der Waals surface area contributed by atoms with Crippen LogP contribution in [0.4, 0.5) is 0 Å². The lowest BCUT2D eigenvalue weighted by Gasteiger charge is -2.11. The zero-order valence-corrected chi connectivity index (χ0v) is 7.40. The predicted molar refractivity (Wildman–Crippen MR) is 39.2 cm³/mol. The molecule has 0 aliphatic carbocycles. The van der Waals surface area contributed by atoms with Crippen LogP contribution in [0.15, 0.2) is 0 Å². The van der Waals surface area contributed by atoms with E-state index in [0.717, 1.165) is 0 Å². The molecule has 0 aromatic carbocycles. The molecule has 1 unspecified atom stereocenters. The van der Waals surface area contributed by atoms with Crippen molar-refractivity contribution >= 4 is 13.7 Å². The summed E-state index contributed by atoms with van der Waals surface area (Å²) in [5, 5.41) is 0. The Kier molecular flexibility index (Phi) is 2.53. The van der Waals surface area contributed by atoms with Crippen molar-refractivity contribution in [1.29, 1.82) is 0 Å². The molecule has 1 aliphatic rings. The molecule has 1 fully saturated rings. The molecule has 7 heteroatoms. The molecule has 0 aromatic rings. The monoisotopic (exact) mass is 195 g/mol. The lowest BCUT2D eigenvalue weighted by atomic mass is 10.3. The van der Waals surface area contributed by atoms with Gasteiger partial charge in [0.25, 0.3) is 5.91 Å². The SMILES string of the molecule is CN1CCC(OP(=O)(O)O)C1=O. The second-order valence-electron chi connectivity index (χ2n) is 2.63. The topological polar surface area (TPSA) is 87.1 Å². The second kappa shape index (κ2) is 3.14. The highest BCUT2D eigenvalue weighted by Gasteiger charge is 2.34. The number of carbonyl (C=O) groups excluding carboxylic acids is 1. The van der Waals surface area contributed by atoms with Crippen molar-refractivity contribution in [3.8, 4) is 0 Å². The summed E-state index contributed by atoms with van der Waals surface area (Å²) in [6, 6.07) is 0. The maximum absolute atomic E-state index is 11.0. The summed E-state index contributed by atoms with van der Waals surface area (Å²) in [5.41, 5.74) is 0. The van der Waals surface area contributed by atoms with Gasteiger partial charge in [0.1, 0.15) is 6.10 Å². The third-order valence-electron chi connectivity index (χ3n) is 1.64. The van der Waals surface area contributed by atoms with Crippen LogP contribution < -0.4 is 0 Å². The van der Waals surface area contributed by atoms with Gasteiger partial charge in [0.15, 0.2) is 0 Å². The van der Waals surface area contributed by atoms with E-state index in [9.17, 15) is 9.36 Å². The van der Waals surface area contributed by atoms with E-state index in [1.807, 2.05) is 0 Å². The van der Waals surface area contributed by atoms with E-state index in [1.165, 1.54) is 4.90 Å². The van der Waals surface area contributed by atoms with Gasteiger partial charge in [0.2, 0.25) is 0 Å². The number of phosphoric acid groups is 1. The Morgan fingerprint density at radius 1 is 1.67 bits per heavy atom. The van der Waals surface area contributed by atoms with Crippen LogP contribution in [0, 0.1) is 0 Å². The lowest BCUT2D eigenvalue weighted by molar-refractivity contribution is -0.132. The maximum atomic E-state index is 11.0. The highest BCUT2D eigenvalue weighted by molar-refractivity contribution is 7.46. The average Bonchev–Trinajstić information content (AvgIpc) is 2.16. The second-order valence-corrected chi connectivity index (χ2v) is 3.83. The van der Waals surface area contributed by atoms with E-state index in [2.05, 4.69) is 4.52 Å². The zero-order valence-electron chi connectivity index (χ0n) is 6.51. The van der Waals surface area contributed by atoms with E-state index < -0.39 is 13.9 Å². The van der Waals surface area contributed by atoms with Gasteiger partial charge in [-0.15, -0.1) is 0 Å². The standard InChI is InChI=1S/C5H10NO5P/c1-6-3-2-4(5(6)7)11-12(8,9)10/h4H,2-3H2,1H3,(H2,8,9,10). The van der Waals surface area contributed by atoms with Crippen molar-refractivity contribution < 1.29 is 23.7 Å². The molecule has 0 spiro atoms. The van der Waals surface area contributed by atoms with Gasteiger partial charge < -0.3 is 14.7 Å². The number of carbonyl (C=O) groups is 1. The van der Waals surface area contributed by atoms with Crippen LogP contribution in [0.25, 0.3) is 0 Å². The predicted octanol–water partition coefficient (Wildman–Crippen LogP) is -0.674. The summed E-state index contributed by atoms with van der Waals surface area (Å²) in [6.07, 6.45) is -0.642. The van der Waals surface area contributed by atoms with E-state index in [0.29, 0.717) is 13.0 Å². The van der Waals surface area contributed by atoms with E-state index in [-0.39, 0.29) is 5.91 Å². The van der Waals surface area contributed by atoms with E-state index in [4.69, 9.17) is 9.79 Å². The molecule has 12 heavy (non-hydrogen) atoms. The summed E-state index contributed by atoms with van der Waals surface area (Å²) in [4.78, 5) is 29.2. The smallest absolute Gasteiger partial charge is 0.343 e. The van der Waals surface area contributed by atoms with Crippen molar-refractivity contribution in [3.05, 3.63) is 0 Å². The molecule has 1 heterocycles. The highest BCUT2D eigenvalue weighted by Crippen LogP contribution is 2.39. The van der Waals surface area contributed by atoms with Crippen LogP contribution in [0.1, 0.15) is 6.42 Å². The molecular weight excluding hydrogens is 185 g/mol. The third-order valence-corrected chi connectivity index (χ3v) is 2.17. The first-order valence-corrected chi connectivity index (χ1v) is 4.92. The normalized spacial score (nSPS) is 25.1. The fourth-order valence-electron chi connectivity index (χ4n) is 1.05. The summed E-state index contributed by atoms with van der Waals surface area (Å²) >= 11 is 0. The number of rotatable bonds is 2. The van der Waals surface area contributed by atoms with Crippen LogP contribution in [0.2, 0.25) is 0 Å². The molecular formula is C5H10NO5P. The van der Waals surface area contributed by atoms with Gasteiger partial charge in [-0.2, -0.15) is 0 Å². The van der Waals surface area contributed by atoms with Crippen molar-refractivity contribution in [3.63, 3.8) is 0 Å². The molecule has 2 N–H and O–H groups in total. The maximum Gasteiger partial charge on any atom is 0.470 e. The van der Waals surface area contributed by atoms with Crippen molar-refractivity contribution in [2.75, 3.05) is 13.6 Å². The van der Waals surface area contributed by atoms with Gasteiger partial charge in [0.05, 0.1) is 0 Å². The molecule has 6 nitrogen and oxygen atoms in total. The van der Waals surface area contributed by atoms with Crippen LogP contribution >= 0.6 is 7.82 Å². The molecule has 1 saturated heterocycles. The number of phosphoric ester groups is 1. The molecule has 0 saturated carbocycles. The Hall–Kier alpha value is -0.420. The number of likely N-dealkylation sites (tertiary alicyclic amines) is 1. The molecule has 0 aromatic heterocycles. The molecule has 1 rings (SSSR count). The van der Waals surface area contributed by atoms with Crippen LogP contribution in [-0.2, 0) is 13.9 Å². The Morgan fingerprint density at radius 3 is 2.58 bits per heavy atom. The molecule has 1 amide bonds. The fourth-order valence-corrected chi connectivity index (χ4v) is 1.58. The fraction of sp³-hybridized carbons (Fsp3) is 0.800. The first-order valence-electron chi connectivity index (χ1n) is 3.39. The lowest BCUT2D eigenvalue weighted by Crippen LogP contribution is -2.26. The van der Waals surface area contributed by atoms with Gasteiger partial charge >= 0.3 is 7.82 Å². The van der Waals surface area contributed by atoms with Gasteiger partial charge in [-0.3, -0.25) is 9.32 Å². The average molecular weight is 195 g/mol. The Morgan fingerprint density at radius 2 is 2.25 bits per heavy atom. The highest BCUT2D eigenvalue weighted by atomic mass is 31.2. The Bertz CT molecular complexity index is 236. The number of hydrogen-bond donors (Lipinski definition) is 2. The largest absolute Gasteiger partial charge is 0.470 e. The third kappa shape index (κ3) is 2.28. The van der Waals surface area contributed by atoms with Gasteiger partial charge in [-0.1, -0.05) is 0 Å².